The Labute approximate surface area is 68.9 Å². The third-order valence-electron chi connectivity index (χ3n) is 0.339. The van der Waals surface area contributed by atoms with Crippen LogP contribution in [0.4, 0.5) is 0 Å². The topological polar surface area (TPSA) is 90.4 Å². The average molecular weight is 129 g/mol. The van der Waals surface area contributed by atoms with E-state index in [1.165, 1.54) is 0 Å². The average Bonchev–Trinajstić information content (AvgIpc) is 1.68. The van der Waals surface area contributed by atoms with Gasteiger partial charge in [-0.1, -0.05) is 5.59 Å². The summed E-state index contributed by atoms with van der Waals surface area (Å²) in [6.45, 7) is -0.163. The summed E-state index contributed by atoms with van der Waals surface area (Å²) in [6.07, 6.45) is 0. The molecular formula is C2H8N3NaO2. The quantitative estimate of drug-likeness (QED) is 0.213. The van der Waals surface area contributed by atoms with E-state index in [2.05, 4.69) is 10.7 Å². The molecule has 0 spiro atoms. The second-order valence-electron chi connectivity index (χ2n) is 0.796. The van der Waals surface area contributed by atoms with E-state index in [1.54, 1.807) is 5.59 Å². The zero-order valence-corrected chi connectivity index (χ0v) is 3.68. The molecule has 0 saturated carbocycles. The van der Waals surface area contributed by atoms with Crippen LogP contribution in [0.1, 0.15) is 0 Å². The summed E-state index contributed by atoms with van der Waals surface area (Å²) < 4.78 is 0. The fraction of sp³-hybridized carbons (Fsp3) is 0.500. The summed E-state index contributed by atoms with van der Waals surface area (Å²) in [5, 5.41) is 0. The van der Waals surface area contributed by atoms with Crippen molar-refractivity contribution in [1.82, 2.24) is 5.59 Å². The number of carbonyl (C=O) groups is 1. The second-order valence-corrected chi connectivity index (χ2v) is 0.796. The van der Waals surface area contributed by atoms with Crippen molar-refractivity contribution in [2.24, 2.45) is 11.6 Å². The van der Waals surface area contributed by atoms with E-state index >= 15 is 0 Å². The Bertz CT molecular complexity index is 68.3. The molecule has 0 aromatic rings. The van der Waals surface area contributed by atoms with Crippen LogP contribution in [-0.4, -0.2) is 42.1 Å². The minimum atomic E-state index is -0.581. The molecule has 44 valence electrons. The fourth-order valence-corrected chi connectivity index (χ4v) is 0.107. The van der Waals surface area contributed by atoms with Crippen molar-refractivity contribution in [3.8, 4) is 0 Å². The Kier molecular flexibility index (Phi) is 10.3. The molecule has 5 nitrogen and oxygen atoms in total. The predicted molar refractivity (Wildman–Crippen MR) is 29.6 cm³/mol. The predicted octanol–water partition coefficient (Wildman–Crippen LogP) is -2.78. The molecule has 0 bridgehead atoms. The zero-order valence-electron chi connectivity index (χ0n) is 3.68. The summed E-state index contributed by atoms with van der Waals surface area (Å²) in [5.74, 6) is 3.98. The van der Waals surface area contributed by atoms with E-state index in [4.69, 9.17) is 5.73 Å². The summed E-state index contributed by atoms with van der Waals surface area (Å²) >= 11 is 0. The second kappa shape index (κ2) is 7.35. The van der Waals surface area contributed by atoms with Crippen LogP contribution in [0.2, 0.25) is 0 Å². The first-order valence-electron chi connectivity index (χ1n) is 1.66. The Morgan fingerprint density at radius 1 is 1.75 bits per heavy atom. The van der Waals surface area contributed by atoms with Gasteiger partial charge in [-0.25, -0.2) is 10.6 Å². The first-order chi connectivity index (χ1) is 3.31. The molecule has 0 aromatic carbocycles. The molecular weight excluding hydrogens is 121 g/mol. The van der Waals surface area contributed by atoms with Crippen LogP contribution in [0.5, 0.6) is 0 Å². The molecule has 0 aliphatic rings. The molecule has 0 rings (SSSR count). The number of hydrazine groups is 1. The maximum absolute atomic E-state index is 9.92. The minimum absolute atomic E-state index is 0. The van der Waals surface area contributed by atoms with Crippen LogP contribution >= 0.6 is 0 Å². The molecule has 0 unspecified atom stereocenters. The number of carbonyl (C=O) groups excluding carboxylic acids is 1. The standard InChI is InChI=1S/C2H7N3O2.Na.H/c3-1-2(6)7-5-4;;/h5H,1,3-4H2;;. The maximum atomic E-state index is 9.92. The molecule has 0 atom stereocenters. The van der Waals surface area contributed by atoms with Gasteiger partial charge < -0.3 is 10.6 Å². The van der Waals surface area contributed by atoms with E-state index in [0.717, 1.165) is 0 Å². The number of hydrogen-bond donors (Lipinski definition) is 3. The van der Waals surface area contributed by atoms with E-state index in [9.17, 15) is 4.79 Å². The first-order valence-corrected chi connectivity index (χ1v) is 1.66. The van der Waals surface area contributed by atoms with Crippen LogP contribution in [0.15, 0.2) is 0 Å². The van der Waals surface area contributed by atoms with Crippen LogP contribution in [0, 0.1) is 0 Å². The van der Waals surface area contributed by atoms with Crippen molar-refractivity contribution in [3.05, 3.63) is 0 Å². The van der Waals surface area contributed by atoms with Crippen molar-refractivity contribution < 1.29 is 9.63 Å². The van der Waals surface area contributed by atoms with Crippen molar-refractivity contribution in [2.45, 2.75) is 0 Å². The normalized spacial score (nSPS) is 7.25. The van der Waals surface area contributed by atoms with Gasteiger partial charge in [-0.05, 0) is 0 Å². The van der Waals surface area contributed by atoms with Crippen LogP contribution in [0.3, 0.4) is 0 Å². The molecule has 0 heterocycles. The van der Waals surface area contributed by atoms with Gasteiger partial charge in [0.2, 0.25) is 0 Å². The van der Waals surface area contributed by atoms with Crippen molar-refractivity contribution in [1.29, 1.82) is 0 Å². The van der Waals surface area contributed by atoms with Gasteiger partial charge in [-0.15, -0.1) is 0 Å². The SMILES string of the molecule is NCC(=O)ONN.[NaH]. The Balaban J connectivity index is 0. The summed E-state index contributed by atoms with van der Waals surface area (Å²) in [4.78, 5) is 13.9. The van der Waals surface area contributed by atoms with E-state index in [0.29, 0.717) is 0 Å². The van der Waals surface area contributed by atoms with Gasteiger partial charge in [0.25, 0.3) is 0 Å². The molecule has 5 N–H and O–H groups in total. The molecule has 0 saturated heterocycles. The Hall–Kier alpha value is 0.350. The van der Waals surface area contributed by atoms with E-state index in [1.807, 2.05) is 0 Å². The van der Waals surface area contributed by atoms with Gasteiger partial charge in [0.15, 0.2) is 0 Å². The Morgan fingerprint density at radius 2 is 2.25 bits per heavy atom. The molecule has 6 heteroatoms. The van der Waals surface area contributed by atoms with Crippen molar-refractivity contribution in [3.63, 3.8) is 0 Å². The molecule has 0 fully saturated rings. The number of hydrogen-bond acceptors (Lipinski definition) is 5. The summed E-state index contributed by atoms with van der Waals surface area (Å²) in [6, 6.07) is 0. The van der Waals surface area contributed by atoms with E-state index in [-0.39, 0.29) is 36.1 Å². The molecule has 0 radical (unpaired) electrons. The van der Waals surface area contributed by atoms with Gasteiger partial charge in [0, 0.05) is 0 Å². The molecule has 8 heavy (non-hydrogen) atoms. The van der Waals surface area contributed by atoms with Gasteiger partial charge in [-0.3, -0.25) is 0 Å². The van der Waals surface area contributed by atoms with E-state index < -0.39 is 5.97 Å². The van der Waals surface area contributed by atoms with Gasteiger partial charge in [0.05, 0.1) is 6.54 Å². The zero-order chi connectivity index (χ0) is 5.70. The molecule has 0 aliphatic carbocycles. The van der Waals surface area contributed by atoms with Crippen LogP contribution in [-0.2, 0) is 9.63 Å². The van der Waals surface area contributed by atoms with Crippen molar-refractivity contribution in [2.75, 3.05) is 6.54 Å². The van der Waals surface area contributed by atoms with Crippen LogP contribution in [0.25, 0.3) is 0 Å². The summed E-state index contributed by atoms with van der Waals surface area (Å²) in [7, 11) is 0. The number of rotatable bonds is 2. The Morgan fingerprint density at radius 3 is 2.38 bits per heavy atom. The monoisotopic (exact) mass is 129 g/mol. The number of nitrogens with two attached hydrogens (primary N) is 2. The molecule has 0 aliphatic heterocycles. The van der Waals surface area contributed by atoms with Gasteiger partial charge in [0.1, 0.15) is 0 Å². The molecule has 0 aromatic heterocycles. The summed E-state index contributed by atoms with van der Waals surface area (Å²) in [5.41, 5.74) is 6.48. The molecule has 0 amide bonds. The van der Waals surface area contributed by atoms with Crippen molar-refractivity contribution >= 4 is 35.5 Å². The van der Waals surface area contributed by atoms with Gasteiger partial charge >= 0.3 is 35.5 Å². The van der Waals surface area contributed by atoms with Crippen LogP contribution < -0.4 is 17.2 Å². The van der Waals surface area contributed by atoms with Gasteiger partial charge in [-0.2, -0.15) is 0 Å². The third-order valence-corrected chi connectivity index (χ3v) is 0.339. The fourth-order valence-electron chi connectivity index (χ4n) is 0.107. The first kappa shape index (κ1) is 11.2. The number of nitrogens with one attached hydrogen (secondary N) is 1. The third kappa shape index (κ3) is 6.35.